The first-order chi connectivity index (χ1) is 20.0. The monoisotopic (exact) mass is 607 g/mol. The lowest BCUT2D eigenvalue weighted by Crippen LogP contribution is -2.43. The molecule has 1 amide bonds. The summed E-state index contributed by atoms with van der Waals surface area (Å²) in [5, 5.41) is 18.7. The number of aliphatic hydroxyl groups is 1. The van der Waals surface area contributed by atoms with Crippen molar-refractivity contribution in [2.75, 3.05) is 12.3 Å². The zero-order chi connectivity index (χ0) is 31.0. The van der Waals surface area contributed by atoms with E-state index in [1.165, 1.54) is 10.5 Å². The van der Waals surface area contributed by atoms with E-state index >= 15 is 0 Å². The van der Waals surface area contributed by atoms with Gasteiger partial charge in [-0.15, -0.1) is 0 Å². The SMILES string of the molecule is CC[C@H](C)C(=O)OC1CCC=C2C=C[C@H](C)[C@H](CC[C@@H]3C[C@@H](O)CC(=O)O3)[C@H]21.C[C@H](CS)C(=O)N1CCC[C@H]1C(=O)O. The normalized spacial score (nSPS) is 32.0. The number of nitrogens with zero attached hydrogens (tertiary/aromatic N) is 1. The van der Waals surface area contributed by atoms with E-state index in [4.69, 9.17) is 14.6 Å². The van der Waals surface area contributed by atoms with E-state index in [-0.39, 0.29) is 54.2 Å². The molecule has 0 saturated carbocycles. The van der Waals surface area contributed by atoms with Crippen molar-refractivity contribution in [3.63, 3.8) is 0 Å². The minimum atomic E-state index is -0.901. The number of fused-ring (bicyclic) bond motifs is 1. The number of carbonyl (C=O) groups is 4. The molecule has 2 aliphatic heterocycles. The molecule has 2 heterocycles. The number of ether oxygens (including phenoxy) is 2. The van der Waals surface area contributed by atoms with Gasteiger partial charge in [0.2, 0.25) is 5.91 Å². The van der Waals surface area contributed by atoms with Gasteiger partial charge in [-0.05, 0) is 62.4 Å². The Hall–Kier alpha value is -2.33. The molecule has 0 aromatic rings. The molecule has 236 valence electrons. The predicted molar refractivity (Wildman–Crippen MR) is 162 cm³/mol. The Morgan fingerprint density at radius 1 is 1.19 bits per heavy atom. The average molecular weight is 608 g/mol. The molecule has 0 aromatic carbocycles. The zero-order valence-electron chi connectivity index (χ0n) is 25.4. The number of hydrogen-bond donors (Lipinski definition) is 3. The van der Waals surface area contributed by atoms with E-state index in [0.717, 1.165) is 38.5 Å². The Morgan fingerprint density at radius 2 is 1.93 bits per heavy atom. The van der Waals surface area contributed by atoms with Gasteiger partial charge in [0.1, 0.15) is 18.2 Å². The van der Waals surface area contributed by atoms with Gasteiger partial charge in [-0.25, -0.2) is 4.79 Å². The van der Waals surface area contributed by atoms with Crippen LogP contribution in [0, 0.1) is 29.6 Å². The summed E-state index contributed by atoms with van der Waals surface area (Å²) in [5.74, 6) is -0.304. The summed E-state index contributed by atoms with van der Waals surface area (Å²) in [6, 6.07) is -0.621. The quantitative estimate of drug-likeness (QED) is 0.257. The number of carboxylic acid groups (broad SMARTS) is 1. The van der Waals surface area contributed by atoms with Gasteiger partial charge in [0, 0.05) is 30.6 Å². The number of likely N-dealkylation sites (tertiary alicyclic amines) is 1. The highest BCUT2D eigenvalue weighted by Crippen LogP contribution is 2.44. The van der Waals surface area contributed by atoms with Crippen molar-refractivity contribution in [1.29, 1.82) is 0 Å². The van der Waals surface area contributed by atoms with E-state index in [1.54, 1.807) is 6.92 Å². The number of hydrogen-bond acceptors (Lipinski definition) is 8. The van der Waals surface area contributed by atoms with Crippen LogP contribution >= 0.6 is 12.6 Å². The number of thiol groups is 1. The molecule has 0 spiro atoms. The number of amides is 1. The van der Waals surface area contributed by atoms with Crippen molar-refractivity contribution in [2.45, 2.75) is 110 Å². The molecule has 9 nitrogen and oxygen atoms in total. The second kappa shape index (κ2) is 15.9. The van der Waals surface area contributed by atoms with Gasteiger partial charge >= 0.3 is 17.9 Å². The minimum absolute atomic E-state index is 0.0764. The molecule has 2 fully saturated rings. The highest BCUT2D eigenvalue weighted by atomic mass is 32.1. The molecule has 10 heteroatoms. The van der Waals surface area contributed by atoms with E-state index in [2.05, 4.69) is 37.8 Å². The van der Waals surface area contributed by atoms with Crippen LogP contribution in [0.5, 0.6) is 0 Å². The first-order valence-corrected chi connectivity index (χ1v) is 16.2. The van der Waals surface area contributed by atoms with E-state index in [0.29, 0.717) is 37.0 Å². The van der Waals surface area contributed by atoms with Crippen LogP contribution in [-0.4, -0.2) is 75.6 Å². The van der Waals surface area contributed by atoms with Gasteiger partial charge < -0.3 is 24.6 Å². The number of aliphatic hydroxyl groups excluding tert-OH is 1. The molecule has 0 aromatic heterocycles. The Morgan fingerprint density at radius 3 is 2.57 bits per heavy atom. The lowest BCUT2D eigenvalue weighted by molar-refractivity contribution is -0.162. The Kier molecular flexibility index (Phi) is 13.0. The highest BCUT2D eigenvalue weighted by Gasteiger charge is 2.41. The highest BCUT2D eigenvalue weighted by molar-refractivity contribution is 7.80. The van der Waals surface area contributed by atoms with Crippen LogP contribution in [0.25, 0.3) is 0 Å². The lowest BCUT2D eigenvalue weighted by Gasteiger charge is -2.42. The second-order valence-electron chi connectivity index (χ2n) is 12.4. The number of cyclic esters (lactones) is 1. The fraction of sp³-hybridized carbons (Fsp3) is 0.750. The van der Waals surface area contributed by atoms with E-state index in [1.807, 2.05) is 13.8 Å². The van der Waals surface area contributed by atoms with Crippen LogP contribution in [0.4, 0.5) is 0 Å². The van der Waals surface area contributed by atoms with Crippen molar-refractivity contribution >= 4 is 36.4 Å². The smallest absolute Gasteiger partial charge is 0.326 e. The molecule has 2 aliphatic carbocycles. The Balaban J connectivity index is 0.000000291. The maximum Gasteiger partial charge on any atom is 0.326 e. The number of rotatable bonds is 9. The van der Waals surface area contributed by atoms with Gasteiger partial charge in [-0.1, -0.05) is 45.9 Å². The molecule has 0 bridgehead atoms. The standard InChI is InChI=1S/C23H34O5.C9H15NO3S/c1-4-14(2)23(26)28-20-7-5-6-16-9-8-15(3)19(22(16)20)11-10-18-12-17(24)13-21(25)27-18;1-6(5-14)8(11)10-4-2-3-7(10)9(12)13/h6,8-9,14-15,17-20,22,24H,4-5,7,10-13H2,1-3H3;6-7,14H,2-5H2,1H3,(H,12,13)/t14-,15-,17+,18+,19-,20?,22-;6-,7+/m01/s1. The van der Waals surface area contributed by atoms with Crippen molar-refractivity contribution in [1.82, 2.24) is 4.90 Å². The summed E-state index contributed by atoms with van der Waals surface area (Å²) in [4.78, 5) is 48.1. The summed E-state index contributed by atoms with van der Waals surface area (Å²) in [6.45, 7) is 8.47. The summed E-state index contributed by atoms with van der Waals surface area (Å²) < 4.78 is 11.4. The third-order valence-corrected chi connectivity index (χ3v) is 9.75. The molecule has 0 radical (unpaired) electrons. The van der Waals surface area contributed by atoms with Crippen LogP contribution in [0.2, 0.25) is 0 Å². The average Bonchev–Trinajstić information content (AvgIpc) is 3.46. The van der Waals surface area contributed by atoms with Gasteiger partial charge in [0.15, 0.2) is 0 Å². The molecule has 2 saturated heterocycles. The summed E-state index contributed by atoms with van der Waals surface area (Å²) in [6.07, 6.45) is 12.0. The molecule has 9 atom stereocenters. The minimum Gasteiger partial charge on any atom is -0.480 e. The third kappa shape index (κ3) is 8.85. The van der Waals surface area contributed by atoms with E-state index < -0.39 is 18.1 Å². The van der Waals surface area contributed by atoms with Crippen LogP contribution in [0.3, 0.4) is 0 Å². The Bertz CT molecular complexity index is 1030. The second-order valence-corrected chi connectivity index (χ2v) is 12.7. The first kappa shape index (κ1) is 34.2. The third-order valence-electron chi connectivity index (χ3n) is 9.20. The van der Waals surface area contributed by atoms with Crippen molar-refractivity contribution in [2.24, 2.45) is 29.6 Å². The van der Waals surface area contributed by atoms with E-state index in [9.17, 15) is 24.3 Å². The van der Waals surface area contributed by atoms with Gasteiger partial charge in [-0.3, -0.25) is 14.4 Å². The molecule has 1 unspecified atom stereocenters. The van der Waals surface area contributed by atoms with Crippen molar-refractivity contribution < 1.29 is 38.9 Å². The summed E-state index contributed by atoms with van der Waals surface area (Å²) >= 11 is 4.03. The molecular weight excluding hydrogens is 558 g/mol. The van der Waals surface area contributed by atoms with Crippen LogP contribution in [0.15, 0.2) is 23.8 Å². The molecule has 4 rings (SSSR count). The maximum atomic E-state index is 12.4. The van der Waals surface area contributed by atoms with Gasteiger partial charge in [0.25, 0.3) is 0 Å². The van der Waals surface area contributed by atoms with Crippen LogP contribution < -0.4 is 0 Å². The van der Waals surface area contributed by atoms with Gasteiger partial charge in [-0.2, -0.15) is 12.6 Å². The van der Waals surface area contributed by atoms with Crippen molar-refractivity contribution in [3.05, 3.63) is 23.8 Å². The largest absolute Gasteiger partial charge is 0.480 e. The summed E-state index contributed by atoms with van der Waals surface area (Å²) in [7, 11) is 0. The number of carboxylic acids is 1. The topological polar surface area (TPSA) is 130 Å². The van der Waals surface area contributed by atoms with Gasteiger partial charge in [0.05, 0.1) is 18.4 Å². The predicted octanol–water partition coefficient (Wildman–Crippen LogP) is 4.58. The number of allylic oxidation sites excluding steroid dienone is 3. The fourth-order valence-corrected chi connectivity index (χ4v) is 6.61. The summed E-state index contributed by atoms with van der Waals surface area (Å²) in [5.41, 5.74) is 1.27. The van der Waals surface area contributed by atoms with Crippen LogP contribution in [0.1, 0.15) is 85.5 Å². The molecular formula is C32H49NO8S. The maximum absolute atomic E-state index is 12.4. The number of carbonyl (C=O) groups excluding carboxylic acids is 3. The first-order valence-electron chi connectivity index (χ1n) is 15.6. The molecule has 42 heavy (non-hydrogen) atoms. The molecule has 4 aliphatic rings. The van der Waals surface area contributed by atoms with Crippen LogP contribution in [-0.2, 0) is 28.7 Å². The number of aliphatic carboxylic acids is 1. The Labute approximate surface area is 255 Å². The number of esters is 2. The van der Waals surface area contributed by atoms with Crippen molar-refractivity contribution in [3.8, 4) is 0 Å². The fourth-order valence-electron chi connectivity index (χ4n) is 6.45. The lowest BCUT2D eigenvalue weighted by atomic mass is 9.66. The molecule has 2 N–H and O–H groups in total. The zero-order valence-corrected chi connectivity index (χ0v) is 26.3.